The second-order valence-corrected chi connectivity index (χ2v) is 7.88. The fraction of sp³-hybridized carbons (Fsp3) is 0.571. The predicted molar refractivity (Wildman–Crippen MR) is 108 cm³/mol. The first-order chi connectivity index (χ1) is 13.0. The van der Waals surface area contributed by atoms with E-state index in [2.05, 4.69) is 29.2 Å². The van der Waals surface area contributed by atoms with E-state index in [-0.39, 0.29) is 17.0 Å². The van der Waals surface area contributed by atoms with Crippen molar-refractivity contribution < 1.29 is 4.79 Å². The summed E-state index contributed by atoms with van der Waals surface area (Å²) in [6.45, 7) is 10.8. The molecule has 6 nitrogen and oxygen atoms in total. The second-order valence-electron chi connectivity index (χ2n) is 7.88. The minimum Gasteiger partial charge on any atom is -0.350 e. The minimum atomic E-state index is -0.367. The van der Waals surface area contributed by atoms with E-state index in [1.165, 1.54) is 0 Å². The van der Waals surface area contributed by atoms with Crippen LogP contribution in [0.1, 0.15) is 44.1 Å². The van der Waals surface area contributed by atoms with Crippen LogP contribution in [0.15, 0.2) is 29.1 Å². The Morgan fingerprint density at radius 1 is 1.33 bits per heavy atom. The van der Waals surface area contributed by atoms with Gasteiger partial charge in [0.1, 0.15) is 0 Å². The molecule has 3 rings (SSSR count). The van der Waals surface area contributed by atoms with E-state index in [0.717, 1.165) is 38.0 Å². The largest absolute Gasteiger partial charge is 0.350 e. The van der Waals surface area contributed by atoms with Crippen LogP contribution in [0.4, 0.5) is 0 Å². The van der Waals surface area contributed by atoms with Gasteiger partial charge in [-0.05, 0) is 50.3 Å². The van der Waals surface area contributed by atoms with Gasteiger partial charge in [0.25, 0.3) is 5.91 Å². The number of nitrogens with one attached hydrogen (secondary N) is 1. The number of aryl methyl sites for hydroxylation is 1. The van der Waals surface area contributed by atoms with Gasteiger partial charge in [-0.2, -0.15) is 5.10 Å². The third kappa shape index (κ3) is 4.56. The third-order valence-corrected chi connectivity index (χ3v) is 5.15. The van der Waals surface area contributed by atoms with Crippen LogP contribution in [0.3, 0.4) is 0 Å². The van der Waals surface area contributed by atoms with Gasteiger partial charge in [0.15, 0.2) is 5.69 Å². The molecule has 0 spiro atoms. The fourth-order valence-electron chi connectivity index (χ4n) is 3.95. The number of nitrogens with zero attached hydrogens (tertiary/aromatic N) is 3. The topological polar surface area (TPSA) is 67.2 Å². The van der Waals surface area contributed by atoms with Crippen LogP contribution < -0.4 is 10.7 Å². The lowest BCUT2D eigenvalue weighted by atomic mass is 9.97. The zero-order valence-electron chi connectivity index (χ0n) is 16.6. The number of aromatic nitrogens is 2. The first-order valence-corrected chi connectivity index (χ1v) is 10.00. The van der Waals surface area contributed by atoms with Gasteiger partial charge >= 0.3 is 0 Å². The molecule has 1 aliphatic heterocycles. The molecular weight excluding hydrogens is 340 g/mol. The third-order valence-electron chi connectivity index (χ3n) is 5.15. The molecule has 1 fully saturated rings. The lowest BCUT2D eigenvalue weighted by Crippen LogP contribution is -2.43. The van der Waals surface area contributed by atoms with Crippen molar-refractivity contribution in [2.75, 3.05) is 26.2 Å². The fourth-order valence-corrected chi connectivity index (χ4v) is 3.95. The van der Waals surface area contributed by atoms with Crippen molar-refractivity contribution in [3.05, 3.63) is 40.2 Å². The highest BCUT2D eigenvalue weighted by Gasteiger charge is 2.22. The highest BCUT2D eigenvalue weighted by Crippen LogP contribution is 2.17. The molecule has 2 heterocycles. The van der Waals surface area contributed by atoms with Crippen molar-refractivity contribution in [3.63, 3.8) is 0 Å². The van der Waals surface area contributed by atoms with E-state index in [1.807, 2.05) is 25.1 Å². The summed E-state index contributed by atoms with van der Waals surface area (Å²) >= 11 is 0. The predicted octanol–water partition coefficient (Wildman–Crippen LogP) is 2.51. The average Bonchev–Trinajstić information content (AvgIpc) is 2.66. The zero-order valence-corrected chi connectivity index (χ0v) is 16.6. The van der Waals surface area contributed by atoms with Crippen LogP contribution in [-0.4, -0.2) is 46.8 Å². The minimum absolute atomic E-state index is 0.00889. The number of para-hydroxylation sites is 1. The van der Waals surface area contributed by atoms with Crippen LogP contribution in [0, 0.1) is 11.8 Å². The molecular formula is C21H30N4O2. The summed E-state index contributed by atoms with van der Waals surface area (Å²) in [4.78, 5) is 27.9. The van der Waals surface area contributed by atoms with Crippen molar-refractivity contribution in [2.24, 2.45) is 11.8 Å². The Kier molecular flexibility index (Phi) is 6.26. The van der Waals surface area contributed by atoms with Gasteiger partial charge in [-0.1, -0.05) is 26.0 Å². The highest BCUT2D eigenvalue weighted by atomic mass is 16.2. The highest BCUT2D eigenvalue weighted by molar-refractivity contribution is 5.95. The number of carbonyl (C=O) groups excluding carboxylic acids is 1. The molecule has 1 aromatic carbocycles. The number of hydrogen-bond donors (Lipinski definition) is 1. The molecule has 1 aliphatic rings. The van der Waals surface area contributed by atoms with Crippen molar-refractivity contribution in [1.29, 1.82) is 0 Å². The second kappa shape index (κ2) is 8.65. The van der Waals surface area contributed by atoms with Crippen LogP contribution in [0.25, 0.3) is 10.9 Å². The van der Waals surface area contributed by atoms with Gasteiger partial charge < -0.3 is 10.2 Å². The lowest BCUT2D eigenvalue weighted by molar-refractivity contribution is 0.0921. The lowest BCUT2D eigenvalue weighted by Gasteiger charge is -2.33. The Bertz CT molecular complexity index is 859. The molecule has 0 saturated carbocycles. The van der Waals surface area contributed by atoms with E-state index in [1.54, 1.807) is 10.7 Å². The summed E-state index contributed by atoms with van der Waals surface area (Å²) in [7, 11) is 0. The molecule has 2 aromatic rings. The Morgan fingerprint density at radius 3 is 2.85 bits per heavy atom. The summed E-state index contributed by atoms with van der Waals surface area (Å²) in [6, 6.07) is 7.31. The number of fused-ring (bicyclic) bond motifs is 1. The molecule has 1 amide bonds. The quantitative estimate of drug-likeness (QED) is 0.848. The maximum Gasteiger partial charge on any atom is 0.275 e. The summed E-state index contributed by atoms with van der Waals surface area (Å²) in [6.07, 6.45) is 2.27. The number of rotatable bonds is 6. The van der Waals surface area contributed by atoms with Crippen LogP contribution >= 0.6 is 0 Å². The summed E-state index contributed by atoms with van der Waals surface area (Å²) in [5, 5.41) is 7.82. The van der Waals surface area contributed by atoms with Crippen molar-refractivity contribution >= 4 is 16.8 Å². The summed E-state index contributed by atoms with van der Waals surface area (Å²) in [5.41, 5.74) is 0.460. The zero-order chi connectivity index (χ0) is 19.4. The van der Waals surface area contributed by atoms with Gasteiger partial charge in [-0.25, -0.2) is 0 Å². The van der Waals surface area contributed by atoms with Gasteiger partial charge in [-0.15, -0.1) is 0 Å². The van der Waals surface area contributed by atoms with Crippen molar-refractivity contribution in [1.82, 2.24) is 20.0 Å². The van der Waals surface area contributed by atoms with Crippen LogP contribution in [-0.2, 0) is 6.54 Å². The Balaban J connectivity index is 1.71. The molecule has 1 aromatic heterocycles. The maximum absolute atomic E-state index is 12.7. The van der Waals surface area contributed by atoms with Crippen molar-refractivity contribution in [2.45, 2.75) is 40.2 Å². The SMILES string of the molecule is CCn1nc(C(=O)NCC2CCCN(CC(C)C)C2)c(=O)c2ccccc21. The first kappa shape index (κ1) is 19.5. The molecule has 6 heteroatoms. The Labute approximate surface area is 160 Å². The number of amides is 1. The summed E-state index contributed by atoms with van der Waals surface area (Å²) in [5.74, 6) is 0.705. The number of benzene rings is 1. The smallest absolute Gasteiger partial charge is 0.275 e. The first-order valence-electron chi connectivity index (χ1n) is 10.00. The normalized spacial score (nSPS) is 18.1. The maximum atomic E-state index is 12.7. The number of piperidine rings is 1. The average molecular weight is 370 g/mol. The molecule has 1 atom stereocenters. The van der Waals surface area contributed by atoms with E-state index in [4.69, 9.17) is 0 Å². The van der Waals surface area contributed by atoms with Gasteiger partial charge in [0, 0.05) is 31.6 Å². The molecule has 1 saturated heterocycles. The molecule has 1 unspecified atom stereocenters. The van der Waals surface area contributed by atoms with E-state index in [0.29, 0.717) is 30.3 Å². The molecule has 27 heavy (non-hydrogen) atoms. The van der Waals surface area contributed by atoms with Crippen molar-refractivity contribution in [3.8, 4) is 0 Å². The molecule has 1 N–H and O–H groups in total. The van der Waals surface area contributed by atoms with Gasteiger partial charge in [0.2, 0.25) is 5.43 Å². The van der Waals surface area contributed by atoms with E-state index < -0.39 is 0 Å². The molecule has 0 radical (unpaired) electrons. The van der Waals surface area contributed by atoms with E-state index in [9.17, 15) is 9.59 Å². The Morgan fingerprint density at radius 2 is 2.11 bits per heavy atom. The monoisotopic (exact) mass is 370 g/mol. The van der Waals surface area contributed by atoms with Crippen LogP contribution in [0.2, 0.25) is 0 Å². The van der Waals surface area contributed by atoms with Gasteiger partial charge in [0.05, 0.1) is 5.52 Å². The van der Waals surface area contributed by atoms with Gasteiger partial charge in [-0.3, -0.25) is 14.3 Å². The summed E-state index contributed by atoms with van der Waals surface area (Å²) < 4.78 is 1.72. The molecule has 0 aliphatic carbocycles. The molecule has 0 bridgehead atoms. The van der Waals surface area contributed by atoms with E-state index >= 15 is 0 Å². The number of likely N-dealkylation sites (tertiary alicyclic amines) is 1. The number of carbonyl (C=O) groups is 1. The van der Waals surface area contributed by atoms with Crippen LogP contribution in [0.5, 0.6) is 0 Å². The standard InChI is InChI=1S/C21H30N4O2/c1-4-25-18-10-6-5-9-17(18)20(26)19(23-25)21(27)22-12-16-8-7-11-24(14-16)13-15(2)3/h5-6,9-10,15-16H,4,7-8,11-14H2,1-3H3,(H,22,27). The number of hydrogen-bond acceptors (Lipinski definition) is 4. The Hall–Kier alpha value is -2.21. The molecule has 146 valence electrons.